The third kappa shape index (κ3) is 3.81. The molecule has 1 atom stereocenters. The largest absolute Gasteiger partial charge is 0.374 e. The van der Waals surface area contributed by atoms with Gasteiger partial charge in [-0.25, -0.2) is 0 Å². The van der Waals surface area contributed by atoms with E-state index in [2.05, 4.69) is 57.1 Å². The van der Waals surface area contributed by atoms with E-state index in [4.69, 9.17) is 5.73 Å². The summed E-state index contributed by atoms with van der Waals surface area (Å²) in [6, 6.07) is 12.3. The lowest BCUT2D eigenvalue weighted by Crippen LogP contribution is -2.23. The number of pyridine rings is 1. The molecule has 1 aromatic heterocycles. The predicted molar refractivity (Wildman–Crippen MR) is 88.0 cm³/mol. The first-order chi connectivity index (χ1) is 9.58. The maximum absolute atomic E-state index is 6.07. The van der Waals surface area contributed by atoms with Gasteiger partial charge in [-0.1, -0.05) is 22.0 Å². The zero-order chi connectivity index (χ0) is 14.5. The van der Waals surface area contributed by atoms with Crippen LogP contribution in [0, 0.1) is 0 Å². The van der Waals surface area contributed by atoms with Crippen LogP contribution in [0.1, 0.15) is 24.2 Å². The molecule has 1 aromatic carbocycles. The molecule has 0 aliphatic heterocycles. The predicted octanol–water partition coefficient (Wildman–Crippen LogP) is 3.54. The summed E-state index contributed by atoms with van der Waals surface area (Å²) < 4.78 is 1.06. The Labute approximate surface area is 129 Å². The first-order valence-corrected chi connectivity index (χ1v) is 7.53. The van der Waals surface area contributed by atoms with Gasteiger partial charge in [0.25, 0.3) is 0 Å². The highest BCUT2D eigenvalue weighted by Gasteiger charge is 2.11. The minimum atomic E-state index is 0.0137. The average Bonchev–Trinajstić information content (AvgIpc) is 2.45. The van der Waals surface area contributed by atoms with Crippen molar-refractivity contribution < 1.29 is 0 Å². The first-order valence-electron chi connectivity index (χ1n) is 6.74. The summed E-state index contributed by atoms with van der Waals surface area (Å²) in [5.74, 6) is 0. The standard InChI is InChI=1S/C16H20BrN3/c1-12(18)15-11-13(17)6-7-16(15)20(2)10-8-14-5-3-4-9-19-14/h3-7,9,11-12H,8,10,18H2,1-2H3. The number of benzene rings is 1. The smallest absolute Gasteiger partial charge is 0.0421 e. The van der Waals surface area contributed by atoms with Crippen molar-refractivity contribution in [3.05, 3.63) is 58.3 Å². The molecule has 2 aromatic rings. The molecule has 0 saturated carbocycles. The number of likely N-dealkylation sites (N-methyl/N-ethyl adjacent to an activating group) is 1. The Hall–Kier alpha value is -1.39. The number of hydrogen-bond acceptors (Lipinski definition) is 3. The molecule has 0 aliphatic rings. The van der Waals surface area contributed by atoms with Gasteiger partial charge in [0.1, 0.15) is 0 Å². The van der Waals surface area contributed by atoms with Crippen LogP contribution in [0.3, 0.4) is 0 Å². The van der Waals surface area contributed by atoms with Crippen LogP contribution in [0.2, 0.25) is 0 Å². The van der Waals surface area contributed by atoms with Crippen molar-refractivity contribution in [1.82, 2.24) is 4.98 Å². The van der Waals surface area contributed by atoms with Crippen molar-refractivity contribution >= 4 is 21.6 Å². The number of aromatic nitrogens is 1. The molecule has 0 fully saturated rings. The van der Waals surface area contributed by atoms with E-state index in [1.165, 1.54) is 5.69 Å². The van der Waals surface area contributed by atoms with E-state index in [1.54, 1.807) is 0 Å². The van der Waals surface area contributed by atoms with Crippen molar-refractivity contribution in [2.75, 3.05) is 18.5 Å². The second kappa shape index (κ2) is 6.86. The number of nitrogens with zero attached hydrogens (tertiary/aromatic N) is 2. The maximum Gasteiger partial charge on any atom is 0.0421 e. The first kappa shape index (κ1) is 15.0. The van der Waals surface area contributed by atoms with Gasteiger partial charge in [0.05, 0.1) is 0 Å². The molecule has 0 radical (unpaired) electrons. The molecule has 2 rings (SSSR count). The van der Waals surface area contributed by atoms with Crippen LogP contribution in [0.15, 0.2) is 47.1 Å². The summed E-state index contributed by atoms with van der Waals surface area (Å²) in [4.78, 5) is 6.59. The molecule has 0 aliphatic carbocycles. The average molecular weight is 334 g/mol. The lowest BCUT2D eigenvalue weighted by molar-refractivity contribution is 0.792. The molecule has 2 N–H and O–H groups in total. The minimum Gasteiger partial charge on any atom is -0.374 e. The van der Waals surface area contributed by atoms with Gasteiger partial charge in [-0.05, 0) is 42.8 Å². The fraction of sp³-hybridized carbons (Fsp3) is 0.312. The van der Waals surface area contributed by atoms with Crippen molar-refractivity contribution in [2.45, 2.75) is 19.4 Å². The normalized spacial score (nSPS) is 12.2. The SMILES string of the molecule is CC(N)c1cc(Br)ccc1N(C)CCc1ccccn1. The van der Waals surface area contributed by atoms with Gasteiger partial charge in [-0.3, -0.25) is 4.98 Å². The molecule has 0 amide bonds. The Morgan fingerprint density at radius 1 is 1.30 bits per heavy atom. The molecule has 0 spiro atoms. The van der Waals surface area contributed by atoms with E-state index >= 15 is 0 Å². The molecule has 20 heavy (non-hydrogen) atoms. The highest BCUT2D eigenvalue weighted by atomic mass is 79.9. The second-order valence-electron chi connectivity index (χ2n) is 4.98. The van der Waals surface area contributed by atoms with E-state index in [0.29, 0.717) is 0 Å². The molecular formula is C16H20BrN3. The van der Waals surface area contributed by atoms with Crippen LogP contribution >= 0.6 is 15.9 Å². The zero-order valence-electron chi connectivity index (χ0n) is 11.9. The number of hydrogen-bond donors (Lipinski definition) is 1. The van der Waals surface area contributed by atoms with Gasteiger partial charge >= 0.3 is 0 Å². The molecule has 3 nitrogen and oxygen atoms in total. The van der Waals surface area contributed by atoms with Gasteiger partial charge in [0.15, 0.2) is 0 Å². The third-order valence-electron chi connectivity index (χ3n) is 3.32. The second-order valence-corrected chi connectivity index (χ2v) is 5.90. The third-order valence-corrected chi connectivity index (χ3v) is 3.81. The van der Waals surface area contributed by atoms with Crippen LogP contribution in [-0.4, -0.2) is 18.6 Å². The van der Waals surface area contributed by atoms with Crippen LogP contribution in [-0.2, 0) is 6.42 Å². The van der Waals surface area contributed by atoms with Crippen molar-refractivity contribution in [2.24, 2.45) is 5.73 Å². The quantitative estimate of drug-likeness (QED) is 0.909. The lowest BCUT2D eigenvalue weighted by atomic mass is 10.1. The lowest BCUT2D eigenvalue weighted by Gasteiger charge is -2.24. The summed E-state index contributed by atoms with van der Waals surface area (Å²) >= 11 is 3.51. The molecule has 0 saturated heterocycles. The van der Waals surface area contributed by atoms with Crippen LogP contribution in [0.4, 0.5) is 5.69 Å². The van der Waals surface area contributed by atoms with Crippen molar-refractivity contribution in [1.29, 1.82) is 0 Å². The molecular weight excluding hydrogens is 314 g/mol. The van der Waals surface area contributed by atoms with Crippen LogP contribution in [0.25, 0.3) is 0 Å². The zero-order valence-corrected chi connectivity index (χ0v) is 13.5. The highest BCUT2D eigenvalue weighted by Crippen LogP contribution is 2.28. The fourth-order valence-corrected chi connectivity index (χ4v) is 2.57. The summed E-state index contributed by atoms with van der Waals surface area (Å²) in [5.41, 5.74) is 9.51. The van der Waals surface area contributed by atoms with Gasteiger partial charge in [-0.15, -0.1) is 0 Å². The Morgan fingerprint density at radius 2 is 2.10 bits per heavy atom. The van der Waals surface area contributed by atoms with E-state index < -0.39 is 0 Å². The Balaban J connectivity index is 2.11. The van der Waals surface area contributed by atoms with Crippen LogP contribution in [0.5, 0.6) is 0 Å². The Kier molecular flexibility index (Phi) is 5.15. The molecule has 1 unspecified atom stereocenters. The van der Waals surface area contributed by atoms with Crippen molar-refractivity contribution in [3.8, 4) is 0 Å². The topological polar surface area (TPSA) is 42.1 Å². The van der Waals surface area contributed by atoms with Gasteiger partial charge in [0.2, 0.25) is 0 Å². The number of halogens is 1. The minimum absolute atomic E-state index is 0.0137. The van der Waals surface area contributed by atoms with Gasteiger partial charge in [0, 0.05) is 48.1 Å². The Morgan fingerprint density at radius 3 is 2.75 bits per heavy atom. The summed E-state index contributed by atoms with van der Waals surface area (Å²) in [7, 11) is 2.10. The highest BCUT2D eigenvalue weighted by molar-refractivity contribution is 9.10. The van der Waals surface area contributed by atoms with E-state index in [9.17, 15) is 0 Å². The molecule has 1 heterocycles. The Bertz CT molecular complexity index is 555. The number of anilines is 1. The monoisotopic (exact) mass is 333 g/mol. The van der Waals surface area contributed by atoms with Gasteiger partial charge < -0.3 is 10.6 Å². The van der Waals surface area contributed by atoms with E-state index in [0.717, 1.165) is 28.7 Å². The van der Waals surface area contributed by atoms with E-state index in [-0.39, 0.29) is 6.04 Å². The van der Waals surface area contributed by atoms with Gasteiger partial charge in [-0.2, -0.15) is 0 Å². The summed E-state index contributed by atoms with van der Waals surface area (Å²) in [5, 5.41) is 0. The maximum atomic E-state index is 6.07. The molecule has 4 heteroatoms. The molecule has 106 valence electrons. The van der Waals surface area contributed by atoms with E-state index in [1.807, 2.05) is 25.3 Å². The van der Waals surface area contributed by atoms with Crippen LogP contribution < -0.4 is 10.6 Å². The number of rotatable bonds is 5. The molecule has 0 bridgehead atoms. The fourth-order valence-electron chi connectivity index (χ4n) is 2.19. The van der Waals surface area contributed by atoms with Crippen molar-refractivity contribution in [3.63, 3.8) is 0 Å². The summed E-state index contributed by atoms with van der Waals surface area (Å²) in [6.45, 7) is 2.93. The number of nitrogens with two attached hydrogens (primary N) is 1. The summed E-state index contributed by atoms with van der Waals surface area (Å²) in [6.07, 6.45) is 2.76.